The van der Waals surface area contributed by atoms with Gasteiger partial charge in [0.05, 0.1) is 28.5 Å². The third-order valence-corrected chi connectivity index (χ3v) is 3.84. The van der Waals surface area contributed by atoms with Gasteiger partial charge in [-0.3, -0.25) is 0 Å². The highest BCUT2D eigenvalue weighted by Gasteiger charge is 2.30. The Labute approximate surface area is 105 Å². The minimum atomic E-state index is -3.81. The fourth-order valence-corrected chi connectivity index (χ4v) is 2.47. The fraction of sp³-hybridized carbons (Fsp3) is 0.400. The molecule has 1 aliphatic rings. The van der Waals surface area contributed by atoms with Crippen LogP contribution in [0.15, 0.2) is 23.1 Å². The standard InChI is InChI=1S/C10H15N3O4S/c11-7-2-1-6(18(12,16)17)3-8(7)13-4-9(14)10(15)5-13/h1-3,9-10,14-15H,4-5,11H2,(H2,12,16,17). The molecule has 1 fully saturated rings. The first-order valence-corrected chi connectivity index (χ1v) is 6.87. The monoisotopic (exact) mass is 273 g/mol. The summed E-state index contributed by atoms with van der Waals surface area (Å²) in [6, 6.07) is 4.10. The quantitative estimate of drug-likeness (QED) is 0.483. The molecule has 1 saturated heterocycles. The minimum Gasteiger partial charge on any atom is -0.397 e. The molecule has 0 bridgehead atoms. The first kappa shape index (κ1) is 13.1. The highest BCUT2D eigenvalue weighted by atomic mass is 32.2. The smallest absolute Gasteiger partial charge is 0.238 e. The summed E-state index contributed by atoms with van der Waals surface area (Å²) >= 11 is 0. The van der Waals surface area contributed by atoms with Gasteiger partial charge in [-0.05, 0) is 18.2 Å². The number of aliphatic hydroxyl groups excluding tert-OH is 2. The van der Waals surface area contributed by atoms with Crippen molar-refractivity contribution in [2.24, 2.45) is 5.14 Å². The van der Waals surface area contributed by atoms with Crippen LogP contribution in [0.4, 0.5) is 11.4 Å². The first-order chi connectivity index (χ1) is 8.29. The molecule has 1 aliphatic heterocycles. The Balaban J connectivity index is 2.39. The number of hydrogen-bond acceptors (Lipinski definition) is 6. The van der Waals surface area contributed by atoms with Crippen molar-refractivity contribution in [3.63, 3.8) is 0 Å². The first-order valence-electron chi connectivity index (χ1n) is 5.32. The molecule has 0 spiro atoms. The van der Waals surface area contributed by atoms with E-state index in [9.17, 15) is 18.6 Å². The van der Waals surface area contributed by atoms with Gasteiger partial charge in [0.2, 0.25) is 10.0 Å². The average Bonchev–Trinajstić information content (AvgIpc) is 2.58. The van der Waals surface area contributed by atoms with E-state index in [-0.39, 0.29) is 18.0 Å². The molecular weight excluding hydrogens is 258 g/mol. The molecular formula is C10H15N3O4S. The van der Waals surface area contributed by atoms with Crippen molar-refractivity contribution in [3.05, 3.63) is 18.2 Å². The van der Waals surface area contributed by atoms with Crippen molar-refractivity contribution in [1.82, 2.24) is 0 Å². The van der Waals surface area contributed by atoms with Gasteiger partial charge in [0.1, 0.15) is 0 Å². The summed E-state index contributed by atoms with van der Waals surface area (Å²) in [6.07, 6.45) is -1.75. The van der Waals surface area contributed by atoms with Crippen molar-refractivity contribution in [3.8, 4) is 0 Å². The maximum Gasteiger partial charge on any atom is 0.238 e. The SMILES string of the molecule is Nc1ccc(S(N)(=O)=O)cc1N1CC(O)C(O)C1. The predicted octanol–water partition coefficient (Wildman–Crippen LogP) is -1.54. The Kier molecular flexibility index (Phi) is 3.20. The second-order valence-corrected chi connectivity index (χ2v) is 5.87. The molecule has 0 aliphatic carbocycles. The van der Waals surface area contributed by atoms with Crippen LogP contribution in [0.3, 0.4) is 0 Å². The summed E-state index contributed by atoms with van der Waals surface area (Å²) < 4.78 is 22.5. The highest BCUT2D eigenvalue weighted by Crippen LogP contribution is 2.29. The topological polar surface area (TPSA) is 130 Å². The van der Waals surface area contributed by atoms with Crippen LogP contribution in [0.2, 0.25) is 0 Å². The number of nitrogens with two attached hydrogens (primary N) is 2. The van der Waals surface area contributed by atoms with E-state index in [4.69, 9.17) is 10.9 Å². The van der Waals surface area contributed by atoms with Gasteiger partial charge < -0.3 is 20.8 Å². The van der Waals surface area contributed by atoms with E-state index < -0.39 is 22.2 Å². The summed E-state index contributed by atoms with van der Waals surface area (Å²) in [5, 5.41) is 24.0. The molecule has 0 aromatic heterocycles. The molecule has 0 radical (unpaired) electrons. The Morgan fingerprint density at radius 1 is 1.22 bits per heavy atom. The van der Waals surface area contributed by atoms with Crippen LogP contribution in [-0.4, -0.2) is 43.9 Å². The van der Waals surface area contributed by atoms with Crippen molar-refractivity contribution < 1.29 is 18.6 Å². The van der Waals surface area contributed by atoms with Gasteiger partial charge in [-0.25, -0.2) is 13.6 Å². The Bertz CT molecular complexity index is 550. The molecule has 8 heteroatoms. The highest BCUT2D eigenvalue weighted by molar-refractivity contribution is 7.89. The van der Waals surface area contributed by atoms with E-state index in [0.717, 1.165) is 0 Å². The van der Waals surface area contributed by atoms with Crippen LogP contribution in [0.5, 0.6) is 0 Å². The van der Waals surface area contributed by atoms with E-state index in [1.54, 1.807) is 4.90 Å². The molecule has 2 rings (SSSR count). The van der Waals surface area contributed by atoms with E-state index >= 15 is 0 Å². The molecule has 1 aromatic carbocycles. The lowest BCUT2D eigenvalue weighted by Gasteiger charge is -2.20. The Hall–Kier alpha value is -1.35. The van der Waals surface area contributed by atoms with Gasteiger partial charge in [0.15, 0.2) is 0 Å². The Morgan fingerprint density at radius 2 is 1.78 bits per heavy atom. The zero-order valence-electron chi connectivity index (χ0n) is 9.52. The summed E-state index contributed by atoms with van der Waals surface area (Å²) in [5.41, 5.74) is 6.57. The number of aliphatic hydroxyl groups is 2. The van der Waals surface area contributed by atoms with Crippen molar-refractivity contribution >= 4 is 21.4 Å². The van der Waals surface area contributed by atoms with E-state index in [0.29, 0.717) is 11.4 Å². The molecule has 100 valence electrons. The number of benzene rings is 1. The molecule has 2 atom stereocenters. The average molecular weight is 273 g/mol. The summed E-state index contributed by atoms with van der Waals surface area (Å²) in [7, 11) is -3.81. The normalized spacial score (nSPS) is 24.5. The second-order valence-electron chi connectivity index (χ2n) is 4.31. The van der Waals surface area contributed by atoms with Crippen LogP contribution in [-0.2, 0) is 10.0 Å². The maximum absolute atomic E-state index is 11.3. The largest absolute Gasteiger partial charge is 0.397 e. The van der Waals surface area contributed by atoms with Gasteiger partial charge >= 0.3 is 0 Å². The number of hydrogen-bond donors (Lipinski definition) is 4. The van der Waals surface area contributed by atoms with Gasteiger partial charge in [-0.1, -0.05) is 0 Å². The lowest BCUT2D eigenvalue weighted by atomic mass is 10.2. The van der Waals surface area contributed by atoms with E-state index in [1.807, 2.05) is 0 Å². The number of primary sulfonamides is 1. The molecule has 6 N–H and O–H groups in total. The van der Waals surface area contributed by atoms with Crippen LogP contribution in [0, 0.1) is 0 Å². The molecule has 0 amide bonds. The molecule has 2 unspecified atom stereocenters. The van der Waals surface area contributed by atoms with Crippen molar-refractivity contribution in [1.29, 1.82) is 0 Å². The second kappa shape index (κ2) is 4.39. The Morgan fingerprint density at radius 3 is 2.28 bits per heavy atom. The molecule has 18 heavy (non-hydrogen) atoms. The number of rotatable bonds is 2. The number of nitrogen functional groups attached to an aromatic ring is 1. The number of sulfonamides is 1. The molecule has 0 saturated carbocycles. The maximum atomic E-state index is 11.3. The number of nitrogens with zero attached hydrogens (tertiary/aromatic N) is 1. The minimum absolute atomic E-state index is 0.0532. The van der Waals surface area contributed by atoms with Crippen LogP contribution < -0.4 is 15.8 Å². The van der Waals surface area contributed by atoms with Crippen molar-refractivity contribution in [2.75, 3.05) is 23.7 Å². The summed E-state index contributed by atoms with van der Waals surface area (Å²) in [5.74, 6) is 0. The molecule has 1 heterocycles. The van der Waals surface area contributed by atoms with Gasteiger partial charge in [-0.2, -0.15) is 0 Å². The predicted molar refractivity (Wildman–Crippen MR) is 66.5 cm³/mol. The zero-order valence-corrected chi connectivity index (χ0v) is 10.3. The molecule has 7 nitrogen and oxygen atoms in total. The lowest BCUT2D eigenvalue weighted by Crippen LogP contribution is -2.23. The summed E-state index contributed by atoms with van der Waals surface area (Å²) in [4.78, 5) is 1.57. The van der Waals surface area contributed by atoms with Gasteiger partial charge in [0.25, 0.3) is 0 Å². The van der Waals surface area contributed by atoms with Crippen molar-refractivity contribution in [2.45, 2.75) is 17.1 Å². The number of β-amino-alcohol motifs (C(OH)–C–C–N with tert-alkyl or cyclic N) is 2. The van der Waals surface area contributed by atoms with Crippen LogP contribution >= 0.6 is 0 Å². The zero-order chi connectivity index (χ0) is 13.5. The molecule has 1 aromatic rings. The van der Waals surface area contributed by atoms with E-state index in [1.165, 1.54) is 18.2 Å². The summed E-state index contributed by atoms with van der Waals surface area (Å²) in [6.45, 7) is 0.388. The third-order valence-electron chi connectivity index (χ3n) is 2.93. The third kappa shape index (κ3) is 2.41. The van der Waals surface area contributed by atoms with E-state index in [2.05, 4.69) is 0 Å². The van der Waals surface area contributed by atoms with Gasteiger partial charge in [-0.15, -0.1) is 0 Å². The van der Waals surface area contributed by atoms with Crippen LogP contribution in [0.1, 0.15) is 0 Å². The van der Waals surface area contributed by atoms with Crippen LogP contribution in [0.25, 0.3) is 0 Å². The lowest BCUT2D eigenvalue weighted by molar-refractivity contribution is 0.0572. The van der Waals surface area contributed by atoms with Gasteiger partial charge in [0, 0.05) is 13.1 Å². The fourth-order valence-electron chi connectivity index (χ4n) is 1.94. The number of anilines is 2.